The van der Waals surface area contributed by atoms with Gasteiger partial charge in [-0.1, -0.05) is 0 Å². The lowest BCUT2D eigenvalue weighted by Crippen LogP contribution is -2.37. The molecule has 0 amide bonds. The summed E-state index contributed by atoms with van der Waals surface area (Å²) in [6, 6.07) is 0.357. The highest BCUT2D eigenvalue weighted by molar-refractivity contribution is 7.09. The van der Waals surface area contributed by atoms with E-state index in [2.05, 4.69) is 39.8 Å². The van der Waals surface area contributed by atoms with Gasteiger partial charge >= 0.3 is 0 Å². The number of aromatic nitrogens is 2. The van der Waals surface area contributed by atoms with Crippen LogP contribution in [0.3, 0.4) is 0 Å². The standard InChI is InChI=1S/C13H18N4OS/c1-9(2)14-12-10-7-19-8-11(10)15-13(16-12)17-3-5-18-6-4-17/h7-9H,3-6H2,1-2H3,(H,14,15,16). The average Bonchev–Trinajstić information content (AvgIpc) is 2.87. The van der Waals surface area contributed by atoms with Gasteiger partial charge in [-0.25, -0.2) is 4.98 Å². The molecule has 0 aliphatic carbocycles. The van der Waals surface area contributed by atoms with Gasteiger partial charge in [-0.3, -0.25) is 0 Å². The van der Waals surface area contributed by atoms with Gasteiger partial charge in [0.15, 0.2) is 0 Å². The van der Waals surface area contributed by atoms with Crippen molar-refractivity contribution in [2.75, 3.05) is 36.5 Å². The lowest BCUT2D eigenvalue weighted by atomic mass is 10.3. The van der Waals surface area contributed by atoms with E-state index in [0.717, 1.165) is 49.0 Å². The van der Waals surface area contributed by atoms with Crippen LogP contribution in [-0.4, -0.2) is 42.3 Å². The maximum Gasteiger partial charge on any atom is 0.228 e. The Kier molecular flexibility index (Phi) is 3.52. The third kappa shape index (κ3) is 2.64. The van der Waals surface area contributed by atoms with Crippen LogP contribution in [0.1, 0.15) is 13.8 Å². The number of ether oxygens (including phenoxy) is 1. The first-order valence-corrected chi connectivity index (χ1v) is 7.51. The van der Waals surface area contributed by atoms with Crippen molar-refractivity contribution in [3.05, 3.63) is 10.8 Å². The van der Waals surface area contributed by atoms with Crippen molar-refractivity contribution in [1.82, 2.24) is 9.97 Å². The molecule has 2 aromatic rings. The van der Waals surface area contributed by atoms with E-state index in [9.17, 15) is 0 Å². The zero-order valence-electron chi connectivity index (χ0n) is 11.2. The van der Waals surface area contributed by atoms with Crippen LogP contribution in [-0.2, 0) is 4.74 Å². The molecule has 1 fully saturated rings. The Morgan fingerprint density at radius 3 is 2.79 bits per heavy atom. The van der Waals surface area contributed by atoms with Crippen molar-refractivity contribution in [1.29, 1.82) is 0 Å². The Balaban J connectivity index is 1.99. The topological polar surface area (TPSA) is 50.3 Å². The van der Waals surface area contributed by atoms with Crippen molar-refractivity contribution in [2.24, 2.45) is 0 Å². The van der Waals surface area contributed by atoms with Crippen molar-refractivity contribution < 1.29 is 4.74 Å². The second-order valence-electron chi connectivity index (χ2n) is 4.94. The van der Waals surface area contributed by atoms with Gasteiger partial charge in [-0.05, 0) is 13.8 Å². The lowest BCUT2D eigenvalue weighted by molar-refractivity contribution is 0.122. The maximum absolute atomic E-state index is 5.38. The van der Waals surface area contributed by atoms with E-state index in [1.807, 2.05) is 0 Å². The Labute approximate surface area is 116 Å². The molecule has 0 bridgehead atoms. The summed E-state index contributed by atoms with van der Waals surface area (Å²) in [6.07, 6.45) is 0. The van der Waals surface area contributed by atoms with Gasteiger partial charge in [0.2, 0.25) is 5.95 Å². The minimum Gasteiger partial charge on any atom is -0.378 e. The predicted octanol–water partition coefficient (Wildman–Crippen LogP) is 2.35. The van der Waals surface area contributed by atoms with E-state index in [-0.39, 0.29) is 0 Å². The van der Waals surface area contributed by atoms with E-state index in [1.165, 1.54) is 0 Å². The fraction of sp³-hybridized carbons (Fsp3) is 0.538. The first-order valence-electron chi connectivity index (χ1n) is 6.57. The van der Waals surface area contributed by atoms with Gasteiger partial charge in [-0.2, -0.15) is 4.98 Å². The highest BCUT2D eigenvalue weighted by atomic mass is 32.1. The molecule has 0 saturated carbocycles. The molecule has 0 aromatic carbocycles. The second-order valence-corrected chi connectivity index (χ2v) is 5.68. The molecular weight excluding hydrogens is 260 g/mol. The monoisotopic (exact) mass is 278 g/mol. The number of morpholine rings is 1. The van der Waals surface area contributed by atoms with Crippen molar-refractivity contribution >= 4 is 34.0 Å². The second kappa shape index (κ2) is 5.30. The Morgan fingerprint density at radius 2 is 2.05 bits per heavy atom. The molecule has 0 radical (unpaired) electrons. The van der Waals surface area contributed by atoms with Crippen LogP contribution in [0, 0.1) is 0 Å². The van der Waals surface area contributed by atoms with Crippen LogP contribution in [0.2, 0.25) is 0 Å². The van der Waals surface area contributed by atoms with Gasteiger partial charge in [-0.15, -0.1) is 11.3 Å². The molecule has 0 spiro atoms. The number of rotatable bonds is 3. The highest BCUT2D eigenvalue weighted by Crippen LogP contribution is 2.27. The smallest absolute Gasteiger partial charge is 0.228 e. The summed E-state index contributed by atoms with van der Waals surface area (Å²) in [5.74, 6) is 1.74. The fourth-order valence-electron chi connectivity index (χ4n) is 2.14. The zero-order chi connectivity index (χ0) is 13.2. The quantitative estimate of drug-likeness (QED) is 0.934. The summed E-state index contributed by atoms with van der Waals surface area (Å²) in [4.78, 5) is 11.5. The third-order valence-corrected chi connectivity index (χ3v) is 3.78. The van der Waals surface area contributed by atoms with E-state index in [4.69, 9.17) is 9.72 Å². The summed E-state index contributed by atoms with van der Waals surface area (Å²) in [6.45, 7) is 7.45. The molecule has 1 saturated heterocycles. The van der Waals surface area contributed by atoms with Crippen LogP contribution < -0.4 is 10.2 Å². The van der Waals surface area contributed by atoms with Gasteiger partial charge < -0.3 is 15.0 Å². The zero-order valence-corrected chi connectivity index (χ0v) is 12.0. The number of hydrogen-bond acceptors (Lipinski definition) is 6. The minimum absolute atomic E-state index is 0.357. The molecule has 1 aliphatic heterocycles. The highest BCUT2D eigenvalue weighted by Gasteiger charge is 2.17. The van der Waals surface area contributed by atoms with Crippen LogP contribution in [0.4, 0.5) is 11.8 Å². The normalized spacial score (nSPS) is 16.3. The Morgan fingerprint density at radius 1 is 1.26 bits per heavy atom. The molecule has 2 aromatic heterocycles. The first kappa shape index (κ1) is 12.6. The average molecular weight is 278 g/mol. The number of hydrogen-bond donors (Lipinski definition) is 1. The van der Waals surface area contributed by atoms with Gasteiger partial charge in [0.1, 0.15) is 5.82 Å². The van der Waals surface area contributed by atoms with E-state index < -0.39 is 0 Å². The number of anilines is 2. The Hall–Kier alpha value is -1.40. The fourth-order valence-corrected chi connectivity index (χ4v) is 2.88. The molecule has 5 nitrogen and oxygen atoms in total. The maximum atomic E-state index is 5.38. The van der Waals surface area contributed by atoms with Crippen LogP contribution in [0.25, 0.3) is 10.9 Å². The molecule has 3 rings (SSSR count). The summed E-state index contributed by atoms with van der Waals surface area (Å²) >= 11 is 1.66. The number of thiophene rings is 1. The number of nitrogens with zero attached hydrogens (tertiary/aromatic N) is 3. The summed E-state index contributed by atoms with van der Waals surface area (Å²) in [7, 11) is 0. The van der Waals surface area contributed by atoms with Crippen molar-refractivity contribution in [3.8, 4) is 0 Å². The lowest BCUT2D eigenvalue weighted by Gasteiger charge is -2.27. The van der Waals surface area contributed by atoms with Crippen LogP contribution >= 0.6 is 11.3 Å². The van der Waals surface area contributed by atoms with Gasteiger partial charge in [0, 0.05) is 29.9 Å². The van der Waals surface area contributed by atoms with Crippen molar-refractivity contribution in [2.45, 2.75) is 19.9 Å². The van der Waals surface area contributed by atoms with Crippen LogP contribution in [0.5, 0.6) is 0 Å². The molecule has 102 valence electrons. The predicted molar refractivity (Wildman–Crippen MR) is 79.2 cm³/mol. The van der Waals surface area contributed by atoms with Gasteiger partial charge in [0.05, 0.1) is 24.1 Å². The van der Waals surface area contributed by atoms with Gasteiger partial charge in [0.25, 0.3) is 0 Å². The molecule has 1 N–H and O–H groups in total. The third-order valence-electron chi connectivity index (χ3n) is 3.05. The number of nitrogens with one attached hydrogen (secondary N) is 1. The molecular formula is C13H18N4OS. The minimum atomic E-state index is 0.357. The van der Waals surface area contributed by atoms with E-state index in [1.54, 1.807) is 11.3 Å². The van der Waals surface area contributed by atoms with E-state index in [0.29, 0.717) is 6.04 Å². The van der Waals surface area contributed by atoms with E-state index >= 15 is 0 Å². The first-order chi connectivity index (χ1) is 9.24. The summed E-state index contributed by atoms with van der Waals surface area (Å²) in [5.41, 5.74) is 1.02. The Bertz CT molecular complexity index is 563. The summed E-state index contributed by atoms with van der Waals surface area (Å²) < 4.78 is 5.38. The molecule has 0 atom stereocenters. The molecule has 0 unspecified atom stereocenters. The van der Waals surface area contributed by atoms with Crippen molar-refractivity contribution in [3.63, 3.8) is 0 Å². The summed E-state index contributed by atoms with van der Waals surface area (Å²) in [5, 5.41) is 8.69. The number of fused-ring (bicyclic) bond motifs is 1. The largest absolute Gasteiger partial charge is 0.378 e. The molecule has 19 heavy (non-hydrogen) atoms. The molecule has 6 heteroatoms. The van der Waals surface area contributed by atoms with Crippen LogP contribution in [0.15, 0.2) is 10.8 Å². The SMILES string of the molecule is CC(C)Nc1nc(N2CCOCC2)nc2cscc12. The molecule has 1 aliphatic rings. The molecule has 3 heterocycles.